The molecule has 0 aromatic carbocycles. The van der Waals surface area contributed by atoms with Crippen molar-refractivity contribution in [2.24, 2.45) is 11.1 Å². The molecule has 0 radical (unpaired) electrons. The number of likely N-dealkylation sites (tertiary alicyclic amines) is 1. The molecule has 1 aliphatic heterocycles. The number of carboxylic acid groups (broad SMARTS) is 1. The fourth-order valence-electron chi connectivity index (χ4n) is 2.48. The number of hydrogen-bond acceptors (Lipinski definition) is 7. The van der Waals surface area contributed by atoms with Crippen molar-refractivity contribution in [2.45, 2.75) is 46.1 Å². The van der Waals surface area contributed by atoms with E-state index in [-0.39, 0.29) is 17.7 Å². The first-order valence-electron chi connectivity index (χ1n) is 8.49. The average Bonchev–Trinajstić information content (AvgIpc) is 2.96. The minimum Gasteiger partial charge on any atom is -0.476 e. The molecule has 0 unspecified atom stereocenters. The fraction of sp³-hybridized carbons (Fsp3) is 0.647. The highest BCUT2D eigenvalue weighted by Gasteiger charge is 2.27. The van der Waals surface area contributed by atoms with Crippen LogP contribution in [0, 0.1) is 12.8 Å². The molecule has 1 aromatic heterocycles. The number of aromatic nitrogens is 1. The summed E-state index contributed by atoms with van der Waals surface area (Å²) in [5, 5.41) is 15.4. The van der Waals surface area contributed by atoms with Gasteiger partial charge in [0.15, 0.2) is 0 Å². The third-order valence-corrected chi connectivity index (χ3v) is 4.57. The van der Waals surface area contributed by atoms with E-state index in [1.165, 1.54) is 11.3 Å². The molecule has 1 aliphatic rings. The first-order chi connectivity index (χ1) is 12.2. The van der Waals surface area contributed by atoms with Crippen LogP contribution in [0.25, 0.3) is 0 Å². The second-order valence-corrected chi connectivity index (χ2v) is 8.27. The average molecular weight is 383 g/mol. The topological polar surface area (TPSA) is 101 Å². The van der Waals surface area contributed by atoms with E-state index >= 15 is 0 Å². The maximum absolute atomic E-state index is 12.0. The Morgan fingerprint density at radius 2 is 2.04 bits per heavy atom. The lowest BCUT2D eigenvalue weighted by Gasteiger charge is -2.32. The number of carbonyl (C=O) groups excluding carboxylic acids is 1. The number of aryl methyl sites for hydroxylation is 1. The van der Waals surface area contributed by atoms with Crippen LogP contribution in [0.2, 0.25) is 0 Å². The van der Waals surface area contributed by atoms with Crippen LogP contribution in [0.5, 0.6) is 0 Å². The fourth-order valence-corrected chi connectivity index (χ4v) is 3.08. The number of carboxylic acids is 1. The summed E-state index contributed by atoms with van der Waals surface area (Å²) < 4.78 is 5.37. The van der Waals surface area contributed by atoms with Gasteiger partial charge in [-0.1, -0.05) is 5.16 Å². The predicted octanol–water partition coefficient (Wildman–Crippen LogP) is 2.90. The number of nitrogens with zero attached hydrogens (tertiary/aromatic N) is 3. The van der Waals surface area contributed by atoms with Crippen LogP contribution in [0.15, 0.2) is 10.5 Å². The summed E-state index contributed by atoms with van der Waals surface area (Å²) in [7, 11) is 0. The van der Waals surface area contributed by atoms with Crippen LogP contribution in [-0.2, 0) is 14.4 Å². The Labute approximate surface area is 156 Å². The highest BCUT2D eigenvalue weighted by molar-refractivity contribution is 7.09. The molecule has 0 saturated carbocycles. The third-order valence-electron chi connectivity index (χ3n) is 3.80. The van der Waals surface area contributed by atoms with Gasteiger partial charge in [0.1, 0.15) is 17.9 Å². The number of thiazole rings is 1. The SMILES string of the molecule is Cc1nc(/C(=N/OCC2CCN(C(=O)OC(C)(C)C)CC2)C(=O)O)cs1. The molecule has 144 valence electrons. The Balaban J connectivity index is 1.82. The summed E-state index contributed by atoms with van der Waals surface area (Å²) in [6.45, 7) is 8.80. The summed E-state index contributed by atoms with van der Waals surface area (Å²) >= 11 is 1.36. The standard InChI is InChI=1S/C17H25N3O5S/c1-11-18-13(10-26-11)14(15(21)22)19-24-9-12-5-7-20(8-6-12)16(23)25-17(2,3)4/h10,12H,5-9H2,1-4H3,(H,21,22)/b19-14-. The van der Waals surface area contributed by atoms with Gasteiger partial charge in [-0.15, -0.1) is 11.3 Å². The molecular formula is C17H25N3O5S. The molecule has 2 heterocycles. The second kappa shape index (κ2) is 8.48. The quantitative estimate of drug-likeness (QED) is 0.620. The number of carbonyl (C=O) groups is 2. The first-order valence-corrected chi connectivity index (χ1v) is 9.37. The Bertz CT molecular complexity index is 672. The van der Waals surface area contributed by atoms with Crippen molar-refractivity contribution in [3.63, 3.8) is 0 Å². The summed E-state index contributed by atoms with van der Waals surface area (Å²) in [6.07, 6.45) is 1.21. The van der Waals surface area contributed by atoms with E-state index in [1.807, 2.05) is 20.8 Å². The lowest BCUT2D eigenvalue weighted by Crippen LogP contribution is -2.42. The normalized spacial score (nSPS) is 16.5. The number of ether oxygens (including phenoxy) is 1. The van der Waals surface area contributed by atoms with Gasteiger partial charge in [-0.25, -0.2) is 14.6 Å². The third kappa shape index (κ3) is 5.98. The molecule has 1 N–H and O–H groups in total. The smallest absolute Gasteiger partial charge is 0.410 e. The van der Waals surface area contributed by atoms with Crippen LogP contribution in [0.3, 0.4) is 0 Å². The Morgan fingerprint density at radius 3 is 2.54 bits per heavy atom. The molecule has 0 bridgehead atoms. The molecule has 2 rings (SSSR count). The summed E-state index contributed by atoms with van der Waals surface area (Å²) in [6, 6.07) is 0. The Kier molecular flexibility index (Phi) is 6.57. The molecule has 0 aliphatic carbocycles. The van der Waals surface area contributed by atoms with Crippen LogP contribution in [0.4, 0.5) is 4.79 Å². The molecule has 1 aromatic rings. The molecule has 26 heavy (non-hydrogen) atoms. The monoisotopic (exact) mass is 383 g/mol. The number of oxime groups is 1. The van der Waals surface area contributed by atoms with E-state index in [9.17, 15) is 14.7 Å². The van der Waals surface area contributed by atoms with E-state index in [0.717, 1.165) is 17.8 Å². The van der Waals surface area contributed by atoms with Crippen LogP contribution in [-0.4, -0.2) is 58.1 Å². The van der Waals surface area contributed by atoms with E-state index in [4.69, 9.17) is 9.57 Å². The molecule has 1 fully saturated rings. The van der Waals surface area contributed by atoms with Crippen LogP contribution >= 0.6 is 11.3 Å². The van der Waals surface area contributed by atoms with E-state index in [1.54, 1.807) is 17.2 Å². The van der Waals surface area contributed by atoms with Gasteiger partial charge in [-0.2, -0.15) is 0 Å². The second-order valence-electron chi connectivity index (χ2n) is 7.20. The number of rotatable bonds is 5. The van der Waals surface area contributed by atoms with Gasteiger partial charge >= 0.3 is 12.1 Å². The van der Waals surface area contributed by atoms with Crippen LogP contribution in [0.1, 0.15) is 44.3 Å². The van der Waals surface area contributed by atoms with Gasteiger partial charge in [-0.05, 0) is 46.5 Å². The van der Waals surface area contributed by atoms with Gasteiger partial charge in [0.2, 0.25) is 5.71 Å². The number of piperidine rings is 1. The highest BCUT2D eigenvalue weighted by Crippen LogP contribution is 2.20. The van der Waals surface area contributed by atoms with Gasteiger partial charge in [0.05, 0.1) is 5.01 Å². The lowest BCUT2D eigenvalue weighted by atomic mass is 9.98. The zero-order chi connectivity index (χ0) is 19.3. The van der Waals surface area contributed by atoms with Gasteiger partial charge < -0.3 is 19.6 Å². The number of aliphatic carboxylic acids is 1. The van der Waals surface area contributed by atoms with Gasteiger partial charge in [0.25, 0.3) is 0 Å². The van der Waals surface area contributed by atoms with Gasteiger partial charge in [0, 0.05) is 18.5 Å². The summed E-state index contributed by atoms with van der Waals surface area (Å²) in [5.41, 5.74) is -0.396. The maximum Gasteiger partial charge on any atom is 0.410 e. The van der Waals surface area contributed by atoms with E-state index in [0.29, 0.717) is 25.4 Å². The number of hydrogen-bond donors (Lipinski definition) is 1. The van der Waals surface area contributed by atoms with Gasteiger partial charge in [-0.3, -0.25) is 0 Å². The minimum atomic E-state index is -1.17. The molecule has 8 nitrogen and oxygen atoms in total. The first kappa shape index (κ1) is 20.2. The lowest BCUT2D eigenvalue weighted by molar-refractivity contribution is -0.129. The zero-order valence-corrected chi connectivity index (χ0v) is 16.3. The van der Waals surface area contributed by atoms with E-state index in [2.05, 4.69) is 10.1 Å². The van der Waals surface area contributed by atoms with Crippen molar-refractivity contribution >= 4 is 29.1 Å². The zero-order valence-electron chi connectivity index (χ0n) is 15.5. The maximum atomic E-state index is 12.0. The molecule has 1 amide bonds. The molecule has 0 atom stereocenters. The minimum absolute atomic E-state index is 0.194. The summed E-state index contributed by atoms with van der Waals surface area (Å²) in [5.74, 6) is -0.959. The van der Waals surface area contributed by atoms with Crippen molar-refractivity contribution in [2.75, 3.05) is 19.7 Å². The Morgan fingerprint density at radius 1 is 1.38 bits per heavy atom. The molecular weight excluding hydrogens is 358 g/mol. The van der Waals surface area contributed by atoms with Crippen molar-refractivity contribution in [1.82, 2.24) is 9.88 Å². The summed E-state index contributed by atoms with van der Waals surface area (Å²) in [4.78, 5) is 34.4. The van der Waals surface area contributed by atoms with Crippen molar-refractivity contribution in [1.29, 1.82) is 0 Å². The molecule has 9 heteroatoms. The molecule has 0 spiro atoms. The Hall–Kier alpha value is -2.16. The number of amides is 1. The van der Waals surface area contributed by atoms with Crippen molar-refractivity contribution in [3.8, 4) is 0 Å². The molecule has 1 saturated heterocycles. The highest BCUT2D eigenvalue weighted by atomic mass is 32.1. The largest absolute Gasteiger partial charge is 0.476 e. The predicted molar refractivity (Wildman–Crippen MR) is 97.5 cm³/mol. The van der Waals surface area contributed by atoms with Crippen LogP contribution < -0.4 is 0 Å². The van der Waals surface area contributed by atoms with Crippen molar-refractivity contribution < 1.29 is 24.3 Å². The van der Waals surface area contributed by atoms with E-state index < -0.39 is 11.6 Å². The van der Waals surface area contributed by atoms with Crippen molar-refractivity contribution in [3.05, 3.63) is 16.1 Å².